The highest BCUT2D eigenvalue weighted by Gasteiger charge is 2.11. The fourth-order valence-corrected chi connectivity index (χ4v) is 1.83. The molecule has 0 unspecified atom stereocenters. The zero-order chi connectivity index (χ0) is 13.3. The van der Waals surface area contributed by atoms with Gasteiger partial charge in [-0.2, -0.15) is 0 Å². The zero-order valence-corrected chi connectivity index (χ0v) is 10.4. The Hall–Kier alpha value is -2.07. The molecule has 0 saturated heterocycles. The number of aryl methyl sites for hydroxylation is 1. The summed E-state index contributed by atoms with van der Waals surface area (Å²) in [6.07, 6.45) is 1.46. The van der Waals surface area contributed by atoms with Gasteiger partial charge in [0, 0.05) is 11.9 Å². The summed E-state index contributed by atoms with van der Waals surface area (Å²) in [6, 6.07) is 8.56. The van der Waals surface area contributed by atoms with Crippen LogP contribution in [0.4, 0.5) is 0 Å². The molecule has 0 aliphatic carbocycles. The van der Waals surface area contributed by atoms with Gasteiger partial charge in [-0.05, 0) is 25.1 Å². The largest absolute Gasteiger partial charge is 0.365 e. The van der Waals surface area contributed by atoms with Crippen molar-refractivity contribution in [3.63, 3.8) is 0 Å². The molecule has 0 bridgehead atoms. The fraction of sp³-hybridized carbons (Fsp3) is 0.0769. The molecule has 1 amide bonds. The van der Waals surface area contributed by atoms with E-state index in [-0.39, 0.29) is 10.6 Å². The molecule has 5 heteroatoms. The minimum atomic E-state index is -0.789. The molecule has 0 radical (unpaired) electrons. The van der Waals surface area contributed by atoms with Crippen molar-refractivity contribution >= 4 is 17.5 Å². The van der Waals surface area contributed by atoms with Gasteiger partial charge in [0.1, 0.15) is 5.56 Å². The number of primary amides is 1. The first-order valence-corrected chi connectivity index (χ1v) is 5.66. The summed E-state index contributed by atoms with van der Waals surface area (Å²) >= 11 is 5.88. The van der Waals surface area contributed by atoms with E-state index in [0.717, 1.165) is 5.56 Å². The number of hydrogen-bond acceptors (Lipinski definition) is 2. The summed E-state index contributed by atoms with van der Waals surface area (Å²) < 4.78 is 1.31. The highest BCUT2D eigenvalue weighted by Crippen LogP contribution is 2.12. The number of benzene rings is 1. The van der Waals surface area contributed by atoms with E-state index in [4.69, 9.17) is 17.3 Å². The third-order valence-corrected chi connectivity index (χ3v) is 2.77. The van der Waals surface area contributed by atoms with Gasteiger partial charge in [0.25, 0.3) is 11.5 Å². The monoisotopic (exact) mass is 262 g/mol. The van der Waals surface area contributed by atoms with Crippen molar-refractivity contribution in [2.24, 2.45) is 5.73 Å². The van der Waals surface area contributed by atoms with Gasteiger partial charge in [0.15, 0.2) is 0 Å². The molecule has 92 valence electrons. The van der Waals surface area contributed by atoms with Gasteiger partial charge in [-0.15, -0.1) is 0 Å². The smallest absolute Gasteiger partial charge is 0.268 e. The van der Waals surface area contributed by atoms with Crippen LogP contribution in [0.2, 0.25) is 5.02 Å². The minimum Gasteiger partial charge on any atom is -0.365 e. The molecule has 18 heavy (non-hydrogen) atoms. The number of nitrogens with zero attached hydrogens (tertiary/aromatic N) is 1. The van der Waals surface area contributed by atoms with Crippen LogP contribution in [0.1, 0.15) is 15.9 Å². The first-order valence-electron chi connectivity index (χ1n) is 5.28. The lowest BCUT2D eigenvalue weighted by molar-refractivity contribution is 0.0998. The predicted octanol–water partition coefficient (Wildman–Crippen LogP) is 1.90. The van der Waals surface area contributed by atoms with Gasteiger partial charge in [0.2, 0.25) is 0 Å². The van der Waals surface area contributed by atoms with Crippen LogP contribution >= 0.6 is 11.6 Å². The topological polar surface area (TPSA) is 65.1 Å². The molecule has 0 saturated carbocycles. The van der Waals surface area contributed by atoms with Crippen molar-refractivity contribution in [1.29, 1.82) is 0 Å². The molecule has 0 atom stereocenters. The number of amides is 1. The van der Waals surface area contributed by atoms with Crippen LogP contribution in [0.25, 0.3) is 5.69 Å². The summed E-state index contributed by atoms with van der Waals surface area (Å²) in [5.41, 5.74) is 6.25. The van der Waals surface area contributed by atoms with Gasteiger partial charge in [-0.1, -0.05) is 29.3 Å². The second kappa shape index (κ2) is 4.66. The quantitative estimate of drug-likeness (QED) is 0.898. The molecule has 1 aromatic heterocycles. The Morgan fingerprint density at radius 1 is 1.28 bits per heavy atom. The number of pyridine rings is 1. The van der Waals surface area contributed by atoms with Crippen molar-refractivity contribution in [3.05, 3.63) is 63.0 Å². The van der Waals surface area contributed by atoms with Crippen LogP contribution in [0.15, 0.2) is 41.3 Å². The predicted molar refractivity (Wildman–Crippen MR) is 70.3 cm³/mol. The second-order valence-electron chi connectivity index (χ2n) is 3.95. The average Bonchev–Trinajstić information content (AvgIpc) is 2.32. The Balaban J connectivity index is 2.68. The number of halogens is 1. The highest BCUT2D eigenvalue weighted by molar-refractivity contribution is 6.30. The lowest BCUT2D eigenvalue weighted by Gasteiger charge is -2.08. The molecule has 2 N–H and O–H groups in total. The number of carbonyl (C=O) groups excluding carboxylic acids is 1. The fourth-order valence-electron chi connectivity index (χ4n) is 1.62. The second-order valence-corrected chi connectivity index (χ2v) is 4.38. The molecule has 1 heterocycles. The molecule has 1 aromatic carbocycles. The summed E-state index contributed by atoms with van der Waals surface area (Å²) in [4.78, 5) is 23.2. The Kier molecular flexibility index (Phi) is 3.21. The maximum atomic E-state index is 12.1. The van der Waals surface area contributed by atoms with Crippen LogP contribution in [-0.4, -0.2) is 10.5 Å². The maximum absolute atomic E-state index is 12.1. The Bertz CT molecular complexity index is 660. The van der Waals surface area contributed by atoms with Gasteiger partial charge in [-0.25, -0.2) is 0 Å². The Labute approximate surface area is 109 Å². The number of hydrogen-bond donors (Lipinski definition) is 1. The standard InChI is InChI=1S/C13H11ClN2O2/c1-8-2-4-10(5-3-8)16-7-9(14)6-11(12(15)17)13(16)18/h2-7H,1H3,(H2,15,17). The molecule has 4 nitrogen and oxygen atoms in total. The van der Waals surface area contributed by atoms with E-state index in [0.29, 0.717) is 5.69 Å². The van der Waals surface area contributed by atoms with E-state index in [9.17, 15) is 9.59 Å². The van der Waals surface area contributed by atoms with Gasteiger partial charge < -0.3 is 5.73 Å². The van der Waals surface area contributed by atoms with Crippen LogP contribution < -0.4 is 11.3 Å². The summed E-state index contributed by atoms with van der Waals surface area (Å²) in [5, 5.41) is 0.281. The van der Waals surface area contributed by atoms with Crippen molar-refractivity contribution in [2.75, 3.05) is 0 Å². The lowest BCUT2D eigenvalue weighted by atomic mass is 10.2. The third-order valence-electron chi connectivity index (χ3n) is 2.56. The first-order chi connectivity index (χ1) is 8.49. The van der Waals surface area contributed by atoms with Crippen LogP contribution in [0.5, 0.6) is 0 Å². The molecule has 0 aliphatic rings. The lowest BCUT2D eigenvalue weighted by Crippen LogP contribution is -2.28. The number of rotatable bonds is 2. The van der Waals surface area contributed by atoms with Crippen molar-refractivity contribution < 1.29 is 4.79 Å². The molecule has 0 fully saturated rings. The van der Waals surface area contributed by atoms with Crippen molar-refractivity contribution in [1.82, 2.24) is 4.57 Å². The molecule has 2 aromatic rings. The normalized spacial score (nSPS) is 10.3. The first kappa shape index (κ1) is 12.4. The number of nitrogens with two attached hydrogens (primary N) is 1. The SMILES string of the molecule is Cc1ccc(-n2cc(Cl)cc(C(N)=O)c2=O)cc1. The zero-order valence-electron chi connectivity index (χ0n) is 9.68. The van der Waals surface area contributed by atoms with E-state index >= 15 is 0 Å². The van der Waals surface area contributed by atoms with Crippen LogP contribution in [0, 0.1) is 6.92 Å². The molecule has 0 spiro atoms. The summed E-state index contributed by atoms with van der Waals surface area (Å²) in [6.45, 7) is 1.94. The van der Waals surface area contributed by atoms with Crippen LogP contribution in [0.3, 0.4) is 0 Å². The van der Waals surface area contributed by atoms with Gasteiger partial charge >= 0.3 is 0 Å². The molecular weight excluding hydrogens is 252 g/mol. The van der Waals surface area contributed by atoms with E-state index in [1.165, 1.54) is 16.8 Å². The number of carbonyl (C=O) groups is 1. The van der Waals surface area contributed by atoms with Gasteiger partial charge in [-0.3, -0.25) is 14.2 Å². The van der Waals surface area contributed by atoms with Crippen molar-refractivity contribution in [3.8, 4) is 5.69 Å². The minimum absolute atomic E-state index is 0.122. The van der Waals surface area contributed by atoms with E-state index in [1.54, 1.807) is 12.1 Å². The highest BCUT2D eigenvalue weighted by atomic mass is 35.5. The molecular formula is C13H11ClN2O2. The average molecular weight is 263 g/mol. The summed E-state index contributed by atoms with van der Waals surface area (Å²) in [7, 11) is 0. The summed E-state index contributed by atoms with van der Waals surface area (Å²) in [5.74, 6) is -0.789. The van der Waals surface area contributed by atoms with E-state index in [1.807, 2.05) is 19.1 Å². The Morgan fingerprint density at radius 3 is 2.44 bits per heavy atom. The maximum Gasteiger partial charge on any atom is 0.268 e. The third kappa shape index (κ3) is 2.28. The molecule has 0 aliphatic heterocycles. The number of aromatic nitrogens is 1. The molecule has 2 rings (SSSR count). The van der Waals surface area contributed by atoms with Crippen molar-refractivity contribution in [2.45, 2.75) is 6.92 Å². The Morgan fingerprint density at radius 2 is 1.89 bits per heavy atom. The van der Waals surface area contributed by atoms with Crippen LogP contribution in [-0.2, 0) is 0 Å². The van der Waals surface area contributed by atoms with E-state index < -0.39 is 11.5 Å². The van der Waals surface area contributed by atoms with Gasteiger partial charge in [0.05, 0.1) is 5.02 Å². The van der Waals surface area contributed by atoms with E-state index in [2.05, 4.69) is 0 Å².